The predicted molar refractivity (Wildman–Crippen MR) is 81.2 cm³/mol. The number of halogens is 1. The molecule has 0 radical (unpaired) electrons. The number of carbonyl (C=O) groups is 1. The molecule has 1 fully saturated rings. The van der Waals surface area contributed by atoms with Gasteiger partial charge in [0.2, 0.25) is 0 Å². The number of rotatable bonds is 2. The third-order valence-corrected chi connectivity index (χ3v) is 4.34. The van der Waals surface area contributed by atoms with E-state index in [9.17, 15) is 9.90 Å². The fraction of sp³-hybridized carbons (Fsp3) is 0.533. The largest absolute Gasteiger partial charge is 0.391 e. The lowest BCUT2D eigenvalue weighted by atomic mass is 9.92. The van der Waals surface area contributed by atoms with Crippen molar-refractivity contribution in [2.45, 2.75) is 44.8 Å². The first kappa shape index (κ1) is 15.1. The van der Waals surface area contributed by atoms with Gasteiger partial charge in [-0.1, -0.05) is 30.5 Å². The lowest BCUT2D eigenvalue weighted by Gasteiger charge is -2.35. The van der Waals surface area contributed by atoms with Gasteiger partial charge in [0.25, 0.3) is 0 Å². The first-order valence-electron chi connectivity index (χ1n) is 6.97. The highest BCUT2D eigenvalue weighted by Gasteiger charge is 2.29. The number of benzene rings is 1. The van der Waals surface area contributed by atoms with Crippen molar-refractivity contribution in [3.63, 3.8) is 0 Å². The highest BCUT2D eigenvalue weighted by Crippen LogP contribution is 2.24. The maximum absolute atomic E-state index is 12.2. The molecule has 2 unspecified atom stereocenters. The molecule has 2 rings (SSSR count). The third kappa shape index (κ3) is 3.44. The van der Waals surface area contributed by atoms with Crippen molar-refractivity contribution in [3.8, 4) is 0 Å². The number of anilines is 1. The first-order valence-corrected chi connectivity index (χ1v) is 7.35. The van der Waals surface area contributed by atoms with Crippen LogP contribution in [0.1, 0.15) is 31.2 Å². The quantitative estimate of drug-likeness (QED) is 0.878. The molecule has 2 atom stereocenters. The molecule has 0 heterocycles. The van der Waals surface area contributed by atoms with Crippen LogP contribution in [0.2, 0.25) is 5.02 Å². The van der Waals surface area contributed by atoms with Gasteiger partial charge in [-0.3, -0.25) is 0 Å². The van der Waals surface area contributed by atoms with E-state index in [-0.39, 0.29) is 12.1 Å². The van der Waals surface area contributed by atoms with Crippen LogP contribution in [0.3, 0.4) is 0 Å². The molecule has 2 amide bonds. The highest BCUT2D eigenvalue weighted by molar-refractivity contribution is 6.31. The van der Waals surface area contributed by atoms with Gasteiger partial charge in [0.1, 0.15) is 0 Å². The second kappa shape index (κ2) is 6.46. The summed E-state index contributed by atoms with van der Waals surface area (Å²) in [6.07, 6.45) is 3.26. The van der Waals surface area contributed by atoms with E-state index in [2.05, 4.69) is 5.32 Å². The van der Waals surface area contributed by atoms with Gasteiger partial charge in [-0.05, 0) is 37.5 Å². The molecule has 0 spiro atoms. The Balaban J connectivity index is 2.01. The summed E-state index contributed by atoms with van der Waals surface area (Å²) in [5.74, 6) is 0. The lowest BCUT2D eigenvalue weighted by molar-refractivity contribution is 0.0494. The smallest absolute Gasteiger partial charge is 0.321 e. The summed E-state index contributed by atoms with van der Waals surface area (Å²) in [6.45, 7) is 1.92. The summed E-state index contributed by atoms with van der Waals surface area (Å²) < 4.78 is 0. The molecule has 20 heavy (non-hydrogen) atoms. The zero-order valence-corrected chi connectivity index (χ0v) is 12.7. The van der Waals surface area contributed by atoms with Crippen LogP contribution in [0.4, 0.5) is 10.5 Å². The number of nitrogens with zero attached hydrogens (tertiary/aromatic N) is 1. The van der Waals surface area contributed by atoms with Crippen LogP contribution in [-0.4, -0.2) is 35.2 Å². The van der Waals surface area contributed by atoms with E-state index < -0.39 is 6.10 Å². The Labute approximate surface area is 124 Å². The number of aliphatic hydroxyl groups is 1. The van der Waals surface area contributed by atoms with Crippen LogP contribution in [0.25, 0.3) is 0 Å². The fourth-order valence-corrected chi connectivity index (χ4v) is 2.76. The molecular formula is C15H21ClN2O2. The Morgan fingerprint density at radius 3 is 2.75 bits per heavy atom. The van der Waals surface area contributed by atoms with Crippen LogP contribution in [-0.2, 0) is 0 Å². The second-order valence-electron chi connectivity index (χ2n) is 5.42. The molecule has 0 bridgehead atoms. The predicted octanol–water partition coefficient (Wildman–Crippen LogP) is 3.42. The minimum atomic E-state index is -0.430. The molecule has 1 aliphatic rings. The molecule has 0 aromatic heterocycles. The minimum absolute atomic E-state index is 0.107. The summed E-state index contributed by atoms with van der Waals surface area (Å²) in [7, 11) is 1.73. The Morgan fingerprint density at radius 2 is 2.10 bits per heavy atom. The maximum atomic E-state index is 12.2. The molecule has 110 valence electrons. The number of urea groups is 1. The number of amides is 2. The molecule has 1 saturated carbocycles. The number of likely N-dealkylation sites (N-methyl/N-ethyl adjacent to an activating group) is 1. The van der Waals surface area contributed by atoms with Crippen LogP contribution < -0.4 is 5.32 Å². The standard InChI is InChI=1S/C15H21ClN2O2/c1-10-7-8-11(9-12(10)16)17-15(20)18(2)13-5-3-4-6-14(13)19/h7-9,13-14,19H,3-6H2,1-2H3,(H,17,20). The average molecular weight is 297 g/mol. The van der Waals surface area contributed by atoms with E-state index in [0.29, 0.717) is 10.7 Å². The van der Waals surface area contributed by atoms with Crippen molar-refractivity contribution in [2.75, 3.05) is 12.4 Å². The second-order valence-corrected chi connectivity index (χ2v) is 5.83. The average Bonchev–Trinajstić information content (AvgIpc) is 2.42. The Bertz CT molecular complexity index is 493. The number of carbonyl (C=O) groups excluding carboxylic acids is 1. The van der Waals surface area contributed by atoms with Crippen LogP contribution >= 0.6 is 11.6 Å². The van der Waals surface area contributed by atoms with Gasteiger partial charge in [0, 0.05) is 17.8 Å². The third-order valence-electron chi connectivity index (χ3n) is 3.93. The summed E-state index contributed by atoms with van der Waals surface area (Å²) in [6, 6.07) is 5.11. The molecule has 1 aromatic carbocycles. The summed E-state index contributed by atoms with van der Waals surface area (Å²) in [5, 5.41) is 13.4. The molecule has 4 nitrogen and oxygen atoms in total. The molecule has 0 saturated heterocycles. The SMILES string of the molecule is Cc1ccc(NC(=O)N(C)C2CCCCC2O)cc1Cl. The zero-order valence-electron chi connectivity index (χ0n) is 11.9. The summed E-state index contributed by atoms with van der Waals surface area (Å²) >= 11 is 6.04. The van der Waals surface area contributed by atoms with Crippen molar-refractivity contribution in [1.82, 2.24) is 4.90 Å². The summed E-state index contributed by atoms with van der Waals surface area (Å²) in [5.41, 5.74) is 1.64. The molecule has 5 heteroatoms. The highest BCUT2D eigenvalue weighted by atomic mass is 35.5. The van der Waals surface area contributed by atoms with Gasteiger partial charge in [0.05, 0.1) is 12.1 Å². The Morgan fingerprint density at radius 1 is 1.40 bits per heavy atom. The number of aliphatic hydroxyl groups excluding tert-OH is 1. The molecule has 0 aliphatic heterocycles. The monoisotopic (exact) mass is 296 g/mol. The van der Waals surface area contributed by atoms with E-state index in [0.717, 1.165) is 31.2 Å². The van der Waals surface area contributed by atoms with Gasteiger partial charge in [-0.25, -0.2) is 4.79 Å². The molecular weight excluding hydrogens is 276 g/mol. The van der Waals surface area contributed by atoms with E-state index in [4.69, 9.17) is 11.6 Å². The van der Waals surface area contributed by atoms with Gasteiger partial charge in [-0.15, -0.1) is 0 Å². The van der Waals surface area contributed by atoms with Crippen molar-refractivity contribution in [3.05, 3.63) is 28.8 Å². The lowest BCUT2D eigenvalue weighted by Crippen LogP contribution is -2.47. The van der Waals surface area contributed by atoms with Crippen LogP contribution in [0.5, 0.6) is 0 Å². The summed E-state index contributed by atoms with van der Waals surface area (Å²) in [4.78, 5) is 13.8. The van der Waals surface area contributed by atoms with Crippen LogP contribution in [0, 0.1) is 6.92 Å². The van der Waals surface area contributed by atoms with Crippen molar-refractivity contribution in [1.29, 1.82) is 0 Å². The number of aryl methyl sites for hydroxylation is 1. The molecule has 1 aromatic rings. The van der Waals surface area contributed by atoms with Crippen molar-refractivity contribution in [2.24, 2.45) is 0 Å². The Hall–Kier alpha value is -1.26. The molecule has 1 aliphatic carbocycles. The number of nitrogens with one attached hydrogen (secondary N) is 1. The molecule has 2 N–H and O–H groups in total. The van der Waals surface area contributed by atoms with Crippen molar-refractivity contribution < 1.29 is 9.90 Å². The topological polar surface area (TPSA) is 52.6 Å². The fourth-order valence-electron chi connectivity index (χ4n) is 2.58. The van der Waals surface area contributed by atoms with E-state index in [1.807, 2.05) is 19.1 Å². The number of hydrogen-bond donors (Lipinski definition) is 2. The number of hydrogen-bond acceptors (Lipinski definition) is 2. The van der Waals surface area contributed by atoms with E-state index in [1.54, 1.807) is 18.0 Å². The first-order chi connectivity index (χ1) is 9.49. The van der Waals surface area contributed by atoms with Gasteiger partial charge in [0.15, 0.2) is 0 Å². The van der Waals surface area contributed by atoms with Crippen molar-refractivity contribution >= 4 is 23.3 Å². The Kier molecular flexibility index (Phi) is 4.89. The van der Waals surface area contributed by atoms with E-state index >= 15 is 0 Å². The minimum Gasteiger partial charge on any atom is -0.391 e. The van der Waals surface area contributed by atoms with Gasteiger partial charge in [-0.2, -0.15) is 0 Å². The zero-order chi connectivity index (χ0) is 14.7. The maximum Gasteiger partial charge on any atom is 0.321 e. The normalized spacial score (nSPS) is 22.4. The van der Waals surface area contributed by atoms with Crippen LogP contribution in [0.15, 0.2) is 18.2 Å². The van der Waals surface area contributed by atoms with E-state index in [1.165, 1.54) is 0 Å². The van der Waals surface area contributed by atoms with Gasteiger partial charge >= 0.3 is 6.03 Å². The van der Waals surface area contributed by atoms with Gasteiger partial charge < -0.3 is 15.3 Å².